The topological polar surface area (TPSA) is 27.7 Å². The molecule has 1 aliphatic carbocycles. The highest BCUT2D eigenvalue weighted by Crippen LogP contribution is 2.51. The summed E-state index contributed by atoms with van der Waals surface area (Å²) in [4.78, 5) is 0. The number of halogens is 4. The van der Waals surface area contributed by atoms with Crippen LogP contribution in [0.1, 0.15) is 25.7 Å². The zero-order chi connectivity index (χ0) is 12.6. The molecule has 1 saturated heterocycles. The smallest absolute Gasteiger partial charge is 0.348 e. The Morgan fingerprint density at radius 1 is 1.06 bits per heavy atom. The van der Waals surface area contributed by atoms with Crippen molar-refractivity contribution >= 4 is 30.4 Å². The van der Waals surface area contributed by atoms with E-state index in [-0.39, 0.29) is 25.7 Å². The SMILES string of the molecule is FC(F)(F)C1(OSI)CCC2(CC1)OCCO2. The summed E-state index contributed by atoms with van der Waals surface area (Å²) in [6.07, 6.45) is -4.14. The molecule has 3 nitrogen and oxygen atoms in total. The lowest BCUT2D eigenvalue weighted by atomic mass is 9.81. The summed E-state index contributed by atoms with van der Waals surface area (Å²) in [5.41, 5.74) is -2.06. The normalized spacial score (nSPS) is 27.5. The maximum atomic E-state index is 13.0. The van der Waals surface area contributed by atoms with Crippen LogP contribution in [0.3, 0.4) is 0 Å². The minimum atomic E-state index is -4.36. The third-order valence-electron chi connectivity index (χ3n) is 3.34. The number of hydrogen-bond donors (Lipinski definition) is 0. The lowest BCUT2D eigenvalue weighted by Crippen LogP contribution is -2.52. The van der Waals surface area contributed by atoms with Crippen molar-refractivity contribution in [1.29, 1.82) is 0 Å². The predicted molar refractivity (Wildman–Crippen MR) is 64.6 cm³/mol. The van der Waals surface area contributed by atoms with Crippen LogP contribution in [0.25, 0.3) is 0 Å². The van der Waals surface area contributed by atoms with Crippen molar-refractivity contribution in [2.75, 3.05) is 13.2 Å². The Kier molecular flexibility index (Phi) is 4.19. The molecule has 0 aromatic heterocycles. The molecule has 0 unspecified atom stereocenters. The lowest BCUT2D eigenvalue weighted by Gasteiger charge is -2.42. The molecule has 0 N–H and O–H groups in total. The van der Waals surface area contributed by atoms with Crippen molar-refractivity contribution in [1.82, 2.24) is 0 Å². The standard InChI is InChI=1S/C9H12F3IO3S/c10-9(11,12)7(16-17-13)1-3-8(4-2-7)14-5-6-15-8/h1-6H2. The Morgan fingerprint density at radius 3 is 2.00 bits per heavy atom. The van der Waals surface area contributed by atoms with Crippen LogP contribution in [0, 0.1) is 0 Å². The van der Waals surface area contributed by atoms with E-state index in [4.69, 9.17) is 13.7 Å². The number of ether oxygens (including phenoxy) is 2. The summed E-state index contributed by atoms with van der Waals surface area (Å²) in [5.74, 6) is -0.798. The van der Waals surface area contributed by atoms with Crippen LogP contribution >= 0.6 is 30.4 Å². The van der Waals surface area contributed by atoms with Crippen LogP contribution < -0.4 is 0 Å². The molecule has 1 spiro atoms. The predicted octanol–water partition coefficient (Wildman–Crippen LogP) is 3.62. The van der Waals surface area contributed by atoms with Crippen molar-refractivity contribution in [2.24, 2.45) is 0 Å². The first kappa shape index (κ1) is 14.2. The molecule has 100 valence electrons. The van der Waals surface area contributed by atoms with Gasteiger partial charge in [-0.15, -0.1) is 0 Å². The van der Waals surface area contributed by atoms with Gasteiger partial charge in [0.15, 0.2) is 11.4 Å². The molecule has 1 heterocycles. The lowest BCUT2D eigenvalue weighted by molar-refractivity contribution is -0.281. The molecule has 0 aromatic carbocycles. The van der Waals surface area contributed by atoms with Gasteiger partial charge >= 0.3 is 6.18 Å². The van der Waals surface area contributed by atoms with Gasteiger partial charge in [0.2, 0.25) is 0 Å². The highest BCUT2D eigenvalue weighted by molar-refractivity contribution is 14.2. The molecule has 2 rings (SSSR count). The fourth-order valence-corrected chi connectivity index (χ4v) is 3.71. The van der Waals surface area contributed by atoms with E-state index in [1.54, 1.807) is 21.2 Å². The molecule has 0 amide bonds. The van der Waals surface area contributed by atoms with Crippen molar-refractivity contribution in [2.45, 2.75) is 43.2 Å². The van der Waals surface area contributed by atoms with E-state index < -0.39 is 17.6 Å². The van der Waals surface area contributed by atoms with Crippen LogP contribution in [0.2, 0.25) is 0 Å². The van der Waals surface area contributed by atoms with Crippen molar-refractivity contribution in [3.8, 4) is 0 Å². The molecular weight excluding hydrogens is 372 g/mol. The first-order valence-electron chi connectivity index (χ1n) is 5.24. The maximum Gasteiger partial charge on any atom is 0.418 e. The molecule has 17 heavy (non-hydrogen) atoms. The minimum absolute atomic E-state index is 0.119. The Bertz CT molecular complexity index is 271. The Balaban J connectivity index is 2.07. The average Bonchev–Trinajstić information content (AvgIpc) is 2.70. The number of hydrogen-bond acceptors (Lipinski definition) is 4. The third-order valence-corrected chi connectivity index (χ3v) is 4.26. The fourth-order valence-electron chi connectivity index (χ4n) is 2.29. The zero-order valence-electron chi connectivity index (χ0n) is 8.89. The summed E-state index contributed by atoms with van der Waals surface area (Å²) in [6.45, 7) is 0.918. The summed E-state index contributed by atoms with van der Waals surface area (Å²) in [6, 6.07) is 0. The van der Waals surface area contributed by atoms with Gasteiger partial charge in [0.1, 0.15) is 0 Å². The minimum Gasteiger partial charge on any atom is -0.348 e. The van der Waals surface area contributed by atoms with Gasteiger partial charge in [-0.1, -0.05) is 0 Å². The van der Waals surface area contributed by atoms with Gasteiger partial charge in [-0.3, -0.25) is 4.18 Å². The molecular formula is C9H12F3IO3S. The molecule has 0 radical (unpaired) electrons. The molecule has 2 fully saturated rings. The van der Waals surface area contributed by atoms with Crippen molar-refractivity contribution < 1.29 is 26.8 Å². The van der Waals surface area contributed by atoms with E-state index in [9.17, 15) is 13.2 Å². The summed E-state index contributed by atoms with van der Waals surface area (Å²) < 4.78 is 54.8. The summed E-state index contributed by atoms with van der Waals surface area (Å²) >= 11 is 1.71. The Labute approximate surface area is 114 Å². The van der Waals surface area contributed by atoms with E-state index >= 15 is 0 Å². The van der Waals surface area contributed by atoms with Gasteiger partial charge in [0, 0.05) is 34.0 Å². The Morgan fingerprint density at radius 2 is 1.59 bits per heavy atom. The second-order valence-corrected chi connectivity index (χ2v) is 5.62. The van der Waals surface area contributed by atoms with Gasteiger partial charge in [0.05, 0.1) is 22.4 Å². The van der Waals surface area contributed by atoms with E-state index in [2.05, 4.69) is 0 Å². The van der Waals surface area contributed by atoms with Crippen LogP contribution in [0.4, 0.5) is 13.2 Å². The first-order valence-corrected chi connectivity index (χ1v) is 8.53. The number of alkyl halides is 3. The second kappa shape index (κ2) is 5.03. The summed E-state index contributed by atoms with van der Waals surface area (Å²) in [5, 5.41) is 0. The van der Waals surface area contributed by atoms with E-state index in [1.807, 2.05) is 0 Å². The first-order chi connectivity index (χ1) is 7.93. The van der Waals surface area contributed by atoms with Crippen molar-refractivity contribution in [3.05, 3.63) is 0 Å². The third kappa shape index (κ3) is 2.70. The van der Waals surface area contributed by atoms with Gasteiger partial charge in [-0.25, -0.2) is 0 Å². The largest absolute Gasteiger partial charge is 0.418 e. The highest BCUT2D eigenvalue weighted by atomic mass is 127. The molecule has 1 saturated carbocycles. The molecule has 1 aliphatic heterocycles. The Hall–Kier alpha value is 0.750. The van der Waals surface area contributed by atoms with Crippen LogP contribution in [0.15, 0.2) is 0 Å². The quantitative estimate of drug-likeness (QED) is 0.537. The molecule has 2 aliphatic rings. The average molecular weight is 384 g/mol. The highest BCUT2D eigenvalue weighted by Gasteiger charge is 2.61. The molecule has 0 aromatic rings. The van der Waals surface area contributed by atoms with E-state index in [1.165, 1.54) is 0 Å². The van der Waals surface area contributed by atoms with Gasteiger partial charge in [-0.05, 0) is 12.8 Å². The fraction of sp³-hybridized carbons (Fsp3) is 1.00. The number of rotatable bonds is 2. The van der Waals surface area contributed by atoms with Gasteiger partial charge in [0.25, 0.3) is 0 Å². The van der Waals surface area contributed by atoms with Gasteiger partial charge < -0.3 is 9.47 Å². The zero-order valence-corrected chi connectivity index (χ0v) is 11.9. The van der Waals surface area contributed by atoms with Crippen molar-refractivity contribution in [3.63, 3.8) is 0 Å². The van der Waals surface area contributed by atoms with Gasteiger partial charge in [-0.2, -0.15) is 13.2 Å². The van der Waals surface area contributed by atoms with E-state index in [0.717, 1.165) is 9.21 Å². The maximum absolute atomic E-state index is 13.0. The molecule has 8 heteroatoms. The van der Waals surface area contributed by atoms with Crippen LogP contribution in [0.5, 0.6) is 0 Å². The van der Waals surface area contributed by atoms with Crippen LogP contribution in [-0.2, 0) is 13.7 Å². The molecule has 0 atom stereocenters. The second-order valence-electron chi connectivity index (χ2n) is 4.25. The monoisotopic (exact) mass is 384 g/mol. The summed E-state index contributed by atoms with van der Waals surface area (Å²) in [7, 11) is 0.733. The molecule has 0 bridgehead atoms. The van der Waals surface area contributed by atoms with E-state index in [0.29, 0.717) is 13.2 Å². The van der Waals surface area contributed by atoms with Crippen LogP contribution in [-0.4, -0.2) is 30.8 Å².